The van der Waals surface area contributed by atoms with Crippen molar-refractivity contribution in [3.8, 4) is 6.07 Å². The van der Waals surface area contributed by atoms with Crippen LogP contribution in [0.4, 0.5) is 11.5 Å². The molecule has 0 fully saturated rings. The zero-order chi connectivity index (χ0) is 15.9. The predicted molar refractivity (Wildman–Crippen MR) is 83.7 cm³/mol. The molecule has 0 atom stereocenters. The smallest absolute Gasteiger partial charge is 0.270 e. The fraction of sp³-hybridized carbons (Fsp3) is 0.125. The number of para-hydroxylation sites is 1. The summed E-state index contributed by atoms with van der Waals surface area (Å²) in [5.41, 5.74) is 1.38. The Hall–Kier alpha value is -3.20. The van der Waals surface area contributed by atoms with E-state index in [0.717, 1.165) is 0 Å². The fourth-order valence-corrected chi connectivity index (χ4v) is 1.83. The van der Waals surface area contributed by atoms with Gasteiger partial charge in [-0.15, -0.1) is 6.58 Å². The van der Waals surface area contributed by atoms with Crippen LogP contribution in [0, 0.1) is 18.3 Å². The number of aryl methyl sites for hydroxylation is 1. The first-order valence-corrected chi connectivity index (χ1v) is 6.65. The number of benzene rings is 1. The zero-order valence-electron chi connectivity index (χ0n) is 12.1. The second kappa shape index (κ2) is 6.99. The van der Waals surface area contributed by atoms with Crippen LogP contribution in [-0.4, -0.2) is 22.4 Å². The maximum Gasteiger partial charge on any atom is 0.270 e. The van der Waals surface area contributed by atoms with E-state index in [4.69, 9.17) is 5.26 Å². The number of anilines is 2. The standard InChI is InChI=1S/C16H15N5O/c1-3-8-18-16(22)14-9-15(20-11(2)19-14)21-13-7-5-4-6-12(13)10-17/h3-7,9H,1,8H2,2H3,(H,18,22)(H,19,20,21). The van der Waals surface area contributed by atoms with Gasteiger partial charge < -0.3 is 10.6 Å². The average molecular weight is 293 g/mol. The Balaban J connectivity index is 2.28. The van der Waals surface area contributed by atoms with Crippen molar-refractivity contribution in [3.05, 3.63) is 60.1 Å². The van der Waals surface area contributed by atoms with E-state index in [1.807, 2.05) is 6.07 Å². The Morgan fingerprint density at radius 1 is 1.41 bits per heavy atom. The van der Waals surface area contributed by atoms with Gasteiger partial charge in [0.1, 0.15) is 23.4 Å². The molecule has 1 heterocycles. The number of nitriles is 1. The summed E-state index contributed by atoms with van der Waals surface area (Å²) in [7, 11) is 0. The molecule has 2 N–H and O–H groups in total. The van der Waals surface area contributed by atoms with Crippen molar-refractivity contribution in [1.29, 1.82) is 5.26 Å². The van der Waals surface area contributed by atoms with Crippen molar-refractivity contribution < 1.29 is 4.79 Å². The summed E-state index contributed by atoms with van der Waals surface area (Å²) in [5, 5.41) is 14.8. The molecule has 22 heavy (non-hydrogen) atoms. The third kappa shape index (κ3) is 3.67. The molecule has 6 nitrogen and oxygen atoms in total. The van der Waals surface area contributed by atoms with E-state index in [-0.39, 0.29) is 11.6 Å². The van der Waals surface area contributed by atoms with Crippen LogP contribution in [0.3, 0.4) is 0 Å². The van der Waals surface area contributed by atoms with Gasteiger partial charge >= 0.3 is 0 Å². The molecule has 0 bridgehead atoms. The van der Waals surface area contributed by atoms with Gasteiger partial charge in [0.2, 0.25) is 0 Å². The van der Waals surface area contributed by atoms with Crippen LogP contribution >= 0.6 is 0 Å². The lowest BCUT2D eigenvalue weighted by atomic mass is 10.2. The van der Waals surface area contributed by atoms with Gasteiger partial charge in [-0.2, -0.15) is 5.26 Å². The largest absolute Gasteiger partial charge is 0.347 e. The molecule has 0 saturated carbocycles. The van der Waals surface area contributed by atoms with Gasteiger partial charge in [0, 0.05) is 12.6 Å². The van der Waals surface area contributed by atoms with Gasteiger partial charge in [0.15, 0.2) is 0 Å². The van der Waals surface area contributed by atoms with E-state index < -0.39 is 0 Å². The van der Waals surface area contributed by atoms with Crippen LogP contribution < -0.4 is 10.6 Å². The molecule has 0 aliphatic heterocycles. The summed E-state index contributed by atoms with van der Waals surface area (Å²) in [6.45, 7) is 5.61. The van der Waals surface area contributed by atoms with E-state index in [0.29, 0.717) is 29.4 Å². The van der Waals surface area contributed by atoms with Gasteiger partial charge in [0.05, 0.1) is 11.3 Å². The molecule has 110 valence electrons. The third-order valence-electron chi connectivity index (χ3n) is 2.79. The van der Waals surface area contributed by atoms with Crippen LogP contribution in [0.25, 0.3) is 0 Å². The van der Waals surface area contributed by atoms with E-state index in [9.17, 15) is 4.79 Å². The van der Waals surface area contributed by atoms with Crippen molar-refractivity contribution in [2.24, 2.45) is 0 Å². The summed E-state index contributed by atoms with van der Waals surface area (Å²) in [6, 6.07) is 10.7. The number of hydrogen-bond donors (Lipinski definition) is 2. The molecular weight excluding hydrogens is 278 g/mol. The minimum atomic E-state index is -0.304. The first kappa shape index (κ1) is 15.2. The van der Waals surface area contributed by atoms with Gasteiger partial charge in [-0.3, -0.25) is 4.79 Å². The molecule has 0 spiro atoms. The van der Waals surface area contributed by atoms with Gasteiger partial charge in [0.25, 0.3) is 5.91 Å². The maximum atomic E-state index is 12.0. The van der Waals surface area contributed by atoms with Crippen molar-refractivity contribution in [2.75, 3.05) is 11.9 Å². The molecule has 0 unspecified atom stereocenters. The first-order chi connectivity index (χ1) is 10.6. The number of rotatable bonds is 5. The number of nitrogens with zero attached hydrogens (tertiary/aromatic N) is 3. The summed E-state index contributed by atoms with van der Waals surface area (Å²) < 4.78 is 0. The highest BCUT2D eigenvalue weighted by Crippen LogP contribution is 2.19. The van der Waals surface area contributed by atoms with Crippen LogP contribution in [0.2, 0.25) is 0 Å². The zero-order valence-corrected chi connectivity index (χ0v) is 12.1. The normalized spacial score (nSPS) is 9.64. The summed E-state index contributed by atoms with van der Waals surface area (Å²) in [6.07, 6.45) is 1.59. The van der Waals surface area contributed by atoms with E-state index in [2.05, 4.69) is 33.2 Å². The van der Waals surface area contributed by atoms with Crippen LogP contribution in [-0.2, 0) is 0 Å². The molecule has 2 aromatic rings. The number of hydrogen-bond acceptors (Lipinski definition) is 5. The molecule has 0 aliphatic carbocycles. The van der Waals surface area contributed by atoms with Crippen LogP contribution in [0.1, 0.15) is 21.9 Å². The number of nitrogens with one attached hydrogen (secondary N) is 2. The van der Waals surface area contributed by atoms with E-state index >= 15 is 0 Å². The van der Waals surface area contributed by atoms with Crippen molar-refractivity contribution >= 4 is 17.4 Å². The molecule has 0 aliphatic rings. The lowest BCUT2D eigenvalue weighted by Gasteiger charge is -2.09. The molecule has 0 radical (unpaired) electrons. The highest BCUT2D eigenvalue weighted by molar-refractivity contribution is 5.93. The Morgan fingerprint density at radius 3 is 2.91 bits per heavy atom. The van der Waals surface area contributed by atoms with Crippen molar-refractivity contribution in [1.82, 2.24) is 15.3 Å². The Kier molecular flexibility index (Phi) is 4.83. The van der Waals surface area contributed by atoms with Gasteiger partial charge in [-0.1, -0.05) is 18.2 Å². The highest BCUT2D eigenvalue weighted by atomic mass is 16.1. The van der Waals surface area contributed by atoms with Crippen molar-refractivity contribution in [2.45, 2.75) is 6.92 Å². The molecule has 1 aromatic heterocycles. The van der Waals surface area contributed by atoms with Crippen molar-refractivity contribution in [3.63, 3.8) is 0 Å². The van der Waals surface area contributed by atoms with Crippen LogP contribution in [0.5, 0.6) is 0 Å². The third-order valence-corrected chi connectivity index (χ3v) is 2.79. The summed E-state index contributed by atoms with van der Waals surface area (Å²) >= 11 is 0. The topological polar surface area (TPSA) is 90.7 Å². The minimum absolute atomic E-state index is 0.256. The molecule has 1 aromatic carbocycles. The molecule has 1 amide bonds. The second-order valence-electron chi connectivity index (χ2n) is 4.47. The Morgan fingerprint density at radius 2 is 2.18 bits per heavy atom. The molecule has 6 heteroatoms. The number of carbonyl (C=O) groups excluding carboxylic acids is 1. The average Bonchev–Trinajstić information content (AvgIpc) is 2.52. The fourth-order valence-electron chi connectivity index (χ4n) is 1.83. The number of carbonyl (C=O) groups is 1. The lowest BCUT2D eigenvalue weighted by molar-refractivity contribution is 0.0952. The minimum Gasteiger partial charge on any atom is -0.347 e. The molecule has 2 rings (SSSR count). The first-order valence-electron chi connectivity index (χ1n) is 6.65. The molecular formula is C16H15N5O. The quantitative estimate of drug-likeness (QED) is 0.825. The summed E-state index contributed by atoms with van der Waals surface area (Å²) in [4.78, 5) is 20.3. The monoisotopic (exact) mass is 293 g/mol. The van der Waals surface area contributed by atoms with E-state index in [1.165, 1.54) is 0 Å². The Labute approximate surface area is 128 Å². The van der Waals surface area contributed by atoms with E-state index in [1.54, 1.807) is 37.3 Å². The lowest BCUT2D eigenvalue weighted by Crippen LogP contribution is -2.24. The maximum absolute atomic E-state index is 12.0. The number of aromatic nitrogens is 2. The van der Waals surface area contributed by atoms with Gasteiger partial charge in [-0.05, 0) is 19.1 Å². The number of amides is 1. The highest BCUT2D eigenvalue weighted by Gasteiger charge is 2.10. The second-order valence-corrected chi connectivity index (χ2v) is 4.47. The Bertz CT molecular complexity index is 748. The molecule has 0 saturated heterocycles. The SMILES string of the molecule is C=CCNC(=O)c1cc(Nc2ccccc2C#N)nc(C)n1. The van der Waals surface area contributed by atoms with Crippen LogP contribution in [0.15, 0.2) is 43.0 Å². The summed E-state index contributed by atoms with van der Waals surface area (Å²) in [5.74, 6) is 0.615. The van der Waals surface area contributed by atoms with Gasteiger partial charge in [-0.25, -0.2) is 9.97 Å². The predicted octanol–water partition coefficient (Wildman–Crippen LogP) is 2.32.